The van der Waals surface area contributed by atoms with Crippen LogP contribution in [0.15, 0.2) is 24.3 Å². The topological polar surface area (TPSA) is 55.4 Å². The van der Waals surface area contributed by atoms with Gasteiger partial charge in [0.15, 0.2) is 6.10 Å². The van der Waals surface area contributed by atoms with Crippen molar-refractivity contribution in [3.63, 3.8) is 0 Å². The van der Waals surface area contributed by atoms with E-state index in [4.69, 9.17) is 4.74 Å². The van der Waals surface area contributed by atoms with Gasteiger partial charge in [-0.1, -0.05) is 26.7 Å². The minimum atomic E-state index is -0.878. The zero-order valence-corrected chi connectivity index (χ0v) is 13.8. The second-order valence-corrected chi connectivity index (χ2v) is 6.44. The zero-order chi connectivity index (χ0) is 17.0. The molecule has 0 heterocycles. The van der Waals surface area contributed by atoms with E-state index in [0.717, 1.165) is 12.8 Å². The fourth-order valence-corrected chi connectivity index (χ4v) is 2.95. The quantitative estimate of drug-likeness (QED) is 0.866. The Hall–Kier alpha value is -1.91. The van der Waals surface area contributed by atoms with E-state index in [1.165, 1.54) is 30.7 Å². The van der Waals surface area contributed by atoms with Gasteiger partial charge in [0.05, 0.1) is 5.56 Å². The summed E-state index contributed by atoms with van der Waals surface area (Å²) in [4.78, 5) is 24.2. The number of amides is 1. The molecule has 4 nitrogen and oxygen atoms in total. The average molecular weight is 321 g/mol. The Kier molecular flexibility index (Phi) is 5.74. The lowest BCUT2D eigenvalue weighted by Gasteiger charge is -2.35. The summed E-state index contributed by atoms with van der Waals surface area (Å²) < 4.78 is 18.0. The molecule has 1 aliphatic rings. The molecule has 23 heavy (non-hydrogen) atoms. The van der Waals surface area contributed by atoms with Crippen LogP contribution >= 0.6 is 0 Å². The van der Waals surface area contributed by atoms with Crippen molar-refractivity contribution in [2.45, 2.75) is 52.2 Å². The number of nitrogens with one attached hydrogen (secondary N) is 1. The summed E-state index contributed by atoms with van der Waals surface area (Å²) in [5.74, 6) is -0.351. The summed E-state index contributed by atoms with van der Waals surface area (Å²) in [6.07, 6.45) is 2.36. The third-order valence-electron chi connectivity index (χ3n) is 4.77. The molecule has 126 valence electrons. The van der Waals surface area contributed by atoms with Crippen LogP contribution in [0.5, 0.6) is 0 Å². The predicted molar refractivity (Wildman–Crippen MR) is 85.4 cm³/mol. The lowest BCUT2D eigenvalue weighted by atomic mass is 9.78. The van der Waals surface area contributed by atoms with E-state index in [2.05, 4.69) is 19.2 Å². The van der Waals surface area contributed by atoms with Crippen molar-refractivity contribution in [1.82, 2.24) is 5.32 Å². The van der Waals surface area contributed by atoms with Gasteiger partial charge in [-0.25, -0.2) is 9.18 Å². The molecular weight excluding hydrogens is 297 g/mol. The second-order valence-electron chi connectivity index (χ2n) is 6.44. The molecule has 0 radical (unpaired) electrons. The lowest BCUT2D eigenvalue weighted by molar-refractivity contribution is -0.130. The number of rotatable bonds is 4. The fraction of sp³-hybridized carbons (Fsp3) is 0.556. The molecule has 1 aromatic rings. The number of carbonyl (C=O) groups is 2. The van der Waals surface area contributed by atoms with Crippen molar-refractivity contribution in [1.29, 1.82) is 0 Å². The maximum absolute atomic E-state index is 12.9. The molecule has 1 fully saturated rings. The molecule has 4 atom stereocenters. The highest BCUT2D eigenvalue weighted by atomic mass is 19.1. The van der Waals surface area contributed by atoms with E-state index in [9.17, 15) is 14.0 Å². The molecule has 1 saturated carbocycles. The van der Waals surface area contributed by atoms with Crippen LogP contribution in [0.25, 0.3) is 0 Å². The summed E-state index contributed by atoms with van der Waals surface area (Å²) in [5, 5.41) is 2.99. The van der Waals surface area contributed by atoms with Crippen LogP contribution in [0, 0.1) is 17.7 Å². The third-order valence-corrected chi connectivity index (χ3v) is 4.77. The summed E-state index contributed by atoms with van der Waals surface area (Å²) >= 11 is 0. The van der Waals surface area contributed by atoms with Crippen molar-refractivity contribution < 1.29 is 18.7 Å². The molecule has 0 aromatic heterocycles. The van der Waals surface area contributed by atoms with Gasteiger partial charge in [0.1, 0.15) is 5.82 Å². The number of benzene rings is 1. The van der Waals surface area contributed by atoms with Gasteiger partial charge in [-0.3, -0.25) is 4.79 Å². The van der Waals surface area contributed by atoms with Gasteiger partial charge in [-0.05, 0) is 49.4 Å². The van der Waals surface area contributed by atoms with E-state index in [-0.39, 0.29) is 17.5 Å². The summed E-state index contributed by atoms with van der Waals surface area (Å²) in [6.45, 7) is 5.89. The molecule has 0 saturated heterocycles. The molecule has 0 unspecified atom stereocenters. The SMILES string of the molecule is C[C@@H]1[C@H](C)CCC[C@H]1NC(=O)[C@@H](C)OC(=O)c1ccc(F)cc1. The number of hydrogen-bond acceptors (Lipinski definition) is 3. The molecule has 1 aliphatic carbocycles. The Morgan fingerprint density at radius 1 is 1.22 bits per heavy atom. The average Bonchev–Trinajstić information content (AvgIpc) is 2.52. The monoisotopic (exact) mass is 321 g/mol. The molecule has 1 amide bonds. The second kappa shape index (κ2) is 7.57. The van der Waals surface area contributed by atoms with Crippen molar-refractivity contribution in [2.24, 2.45) is 11.8 Å². The van der Waals surface area contributed by atoms with E-state index in [0.29, 0.717) is 11.8 Å². The van der Waals surface area contributed by atoms with Crippen LogP contribution in [0.1, 0.15) is 50.4 Å². The maximum Gasteiger partial charge on any atom is 0.338 e. The van der Waals surface area contributed by atoms with Crippen LogP contribution in [-0.2, 0) is 9.53 Å². The summed E-state index contributed by atoms with van der Waals surface area (Å²) in [6, 6.07) is 5.18. The Morgan fingerprint density at radius 2 is 1.87 bits per heavy atom. The minimum absolute atomic E-state index is 0.123. The highest BCUT2D eigenvalue weighted by Crippen LogP contribution is 2.29. The Bertz CT molecular complexity index is 558. The van der Waals surface area contributed by atoms with E-state index in [1.807, 2.05) is 0 Å². The number of hydrogen-bond donors (Lipinski definition) is 1. The number of esters is 1. The van der Waals surface area contributed by atoms with Gasteiger partial charge >= 0.3 is 5.97 Å². The third kappa shape index (κ3) is 4.53. The van der Waals surface area contributed by atoms with Crippen molar-refractivity contribution in [3.8, 4) is 0 Å². The van der Waals surface area contributed by atoms with Crippen LogP contribution in [0.3, 0.4) is 0 Å². The molecule has 1 N–H and O–H groups in total. The highest BCUT2D eigenvalue weighted by molar-refractivity contribution is 5.92. The van der Waals surface area contributed by atoms with E-state index in [1.54, 1.807) is 6.92 Å². The highest BCUT2D eigenvalue weighted by Gasteiger charge is 2.30. The normalized spacial score (nSPS) is 25.5. The summed E-state index contributed by atoms with van der Waals surface area (Å²) in [7, 11) is 0. The van der Waals surface area contributed by atoms with E-state index >= 15 is 0 Å². The number of carbonyl (C=O) groups excluding carboxylic acids is 2. The van der Waals surface area contributed by atoms with Gasteiger partial charge < -0.3 is 10.1 Å². The Labute approximate surface area is 136 Å². The maximum atomic E-state index is 12.9. The molecule has 0 bridgehead atoms. The lowest BCUT2D eigenvalue weighted by Crippen LogP contribution is -2.47. The zero-order valence-electron chi connectivity index (χ0n) is 13.8. The number of ether oxygens (including phenoxy) is 1. The molecular formula is C18H24FNO3. The first-order valence-corrected chi connectivity index (χ1v) is 8.15. The Balaban J connectivity index is 1.89. The molecule has 1 aromatic carbocycles. The standard InChI is InChI=1S/C18H24FNO3/c1-11-5-4-6-16(12(11)2)20-17(21)13(3)23-18(22)14-7-9-15(19)10-8-14/h7-13,16H,4-6H2,1-3H3,(H,20,21)/t11-,12-,13-,16-/m1/s1. The smallest absolute Gasteiger partial charge is 0.338 e. The predicted octanol–water partition coefficient (Wildman–Crippen LogP) is 3.31. The summed E-state index contributed by atoms with van der Waals surface area (Å²) in [5.41, 5.74) is 0.228. The van der Waals surface area contributed by atoms with Crippen molar-refractivity contribution >= 4 is 11.9 Å². The van der Waals surface area contributed by atoms with Gasteiger partial charge in [0.25, 0.3) is 5.91 Å². The van der Waals surface area contributed by atoms with Gasteiger partial charge in [-0.2, -0.15) is 0 Å². The Morgan fingerprint density at radius 3 is 2.52 bits per heavy atom. The first-order valence-electron chi connectivity index (χ1n) is 8.15. The fourth-order valence-electron chi connectivity index (χ4n) is 2.95. The van der Waals surface area contributed by atoms with Crippen LogP contribution < -0.4 is 5.32 Å². The largest absolute Gasteiger partial charge is 0.449 e. The molecule has 0 spiro atoms. The van der Waals surface area contributed by atoms with Gasteiger partial charge in [0.2, 0.25) is 0 Å². The van der Waals surface area contributed by atoms with Gasteiger partial charge in [-0.15, -0.1) is 0 Å². The van der Waals surface area contributed by atoms with Crippen LogP contribution in [0.4, 0.5) is 4.39 Å². The molecule has 2 rings (SSSR count). The van der Waals surface area contributed by atoms with Crippen molar-refractivity contribution in [2.75, 3.05) is 0 Å². The van der Waals surface area contributed by atoms with Gasteiger partial charge in [0, 0.05) is 6.04 Å². The van der Waals surface area contributed by atoms with Crippen molar-refractivity contribution in [3.05, 3.63) is 35.6 Å². The van der Waals surface area contributed by atoms with Crippen LogP contribution in [-0.4, -0.2) is 24.0 Å². The number of halogens is 1. The first kappa shape index (κ1) is 17.4. The van der Waals surface area contributed by atoms with E-state index < -0.39 is 17.9 Å². The first-order chi connectivity index (χ1) is 10.9. The molecule has 5 heteroatoms. The molecule has 0 aliphatic heterocycles. The van der Waals surface area contributed by atoms with Crippen LogP contribution in [0.2, 0.25) is 0 Å². The minimum Gasteiger partial charge on any atom is -0.449 e.